The Morgan fingerprint density at radius 1 is 1.13 bits per heavy atom. The molecule has 4 aromatic rings. The number of amides is 1. The van der Waals surface area contributed by atoms with Crippen molar-refractivity contribution in [2.75, 3.05) is 27.1 Å². The molecule has 0 unspecified atom stereocenters. The Hall–Kier alpha value is -4.32. The van der Waals surface area contributed by atoms with Crippen molar-refractivity contribution in [1.29, 1.82) is 0 Å². The lowest BCUT2D eigenvalue weighted by Crippen LogP contribution is -2.55. The number of piperidine rings is 1. The molecule has 12 heteroatoms. The quantitative estimate of drug-likeness (QED) is 0.196. The van der Waals surface area contributed by atoms with E-state index in [0.717, 1.165) is 32.1 Å². The van der Waals surface area contributed by atoms with Crippen LogP contribution in [-0.4, -0.2) is 69.7 Å². The Kier molecular flexibility index (Phi) is 8.82. The summed E-state index contributed by atoms with van der Waals surface area (Å²) in [5.41, 5.74) is -0.538. The van der Waals surface area contributed by atoms with Gasteiger partial charge in [-0.05, 0) is 87.4 Å². The number of hydrogen-bond donors (Lipinski definition) is 1. The van der Waals surface area contributed by atoms with Gasteiger partial charge in [0, 0.05) is 36.9 Å². The minimum Gasteiger partial charge on any atom is -0.493 e. The third-order valence-electron chi connectivity index (χ3n) is 9.16. The summed E-state index contributed by atoms with van der Waals surface area (Å²) in [6.45, 7) is 8.11. The van der Waals surface area contributed by atoms with Crippen molar-refractivity contribution < 1.29 is 37.6 Å². The fourth-order valence-corrected chi connectivity index (χ4v) is 7.15. The Bertz CT molecular complexity index is 1830. The maximum absolute atomic E-state index is 16.5. The minimum absolute atomic E-state index is 0.00209. The van der Waals surface area contributed by atoms with Crippen LogP contribution in [0.4, 0.5) is 13.6 Å². The number of aromatic hydroxyl groups is 1. The molecule has 1 N–H and O–H groups in total. The van der Waals surface area contributed by atoms with Gasteiger partial charge in [0.05, 0.1) is 12.0 Å². The number of aromatic nitrogens is 3. The highest BCUT2D eigenvalue weighted by molar-refractivity contribution is 6.01. The van der Waals surface area contributed by atoms with Crippen LogP contribution in [-0.2, 0) is 15.9 Å². The number of halogens is 2. The number of methoxy groups -OCH3 is 1. The van der Waals surface area contributed by atoms with Crippen molar-refractivity contribution in [3.63, 3.8) is 0 Å². The molecule has 3 heterocycles. The molecule has 2 atom stereocenters. The number of ether oxygens (including phenoxy) is 4. The minimum atomic E-state index is -0.827. The van der Waals surface area contributed by atoms with Crippen LogP contribution in [0.3, 0.4) is 0 Å². The molecule has 10 nitrogen and oxygen atoms in total. The Balaban J connectivity index is 1.37. The van der Waals surface area contributed by atoms with Crippen molar-refractivity contribution >= 4 is 27.8 Å². The second kappa shape index (κ2) is 12.7. The molecule has 2 fully saturated rings. The van der Waals surface area contributed by atoms with Crippen LogP contribution in [0.2, 0.25) is 0 Å². The van der Waals surface area contributed by atoms with Crippen molar-refractivity contribution in [2.24, 2.45) is 5.41 Å². The first kappa shape index (κ1) is 32.6. The zero-order chi connectivity index (χ0) is 33.5. The van der Waals surface area contributed by atoms with E-state index in [-0.39, 0.29) is 53.6 Å². The van der Waals surface area contributed by atoms with Crippen molar-refractivity contribution in [2.45, 2.75) is 77.9 Å². The number of benzene rings is 2. The summed E-state index contributed by atoms with van der Waals surface area (Å²) < 4.78 is 54.0. The fourth-order valence-electron chi connectivity index (χ4n) is 7.15. The van der Waals surface area contributed by atoms with Gasteiger partial charge in [-0.3, -0.25) is 4.98 Å². The molecule has 47 heavy (non-hydrogen) atoms. The highest BCUT2D eigenvalue weighted by Gasteiger charge is 2.50. The largest absolute Gasteiger partial charge is 0.493 e. The molecule has 250 valence electrons. The molecular formula is C35H40F2N4O6. The average Bonchev–Trinajstić information content (AvgIpc) is 3.47. The summed E-state index contributed by atoms with van der Waals surface area (Å²) in [4.78, 5) is 27.7. The number of fused-ring (bicyclic) bond motifs is 3. The van der Waals surface area contributed by atoms with Gasteiger partial charge in [0.1, 0.15) is 28.4 Å². The number of nitrogens with zero attached hydrogens (tertiary/aromatic N) is 4. The zero-order valence-electron chi connectivity index (χ0n) is 27.4. The van der Waals surface area contributed by atoms with E-state index in [1.54, 1.807) is 18.2 Å². The first-order chi connectivity index (χ1) is 22.4. The topological polar surface area (TPSA) is 116 Å². The lowest BCUT2D eigenvalue weighted by Gasteiger charge is -2.46. The van der Waals surface area contributed by atoms with E-state index < -0.39 is 23.1 Å². The molecule has 1 amide bonds. The molecule has 1 aliphatic heterocycles. The number of rotatable bonds is 8. The summed E-state index contributed by atoms with van der Waals surface area (Å²) in [5, 5.41) is 12.0. The first-order valence-electron chi connectivity index (χ1n) is 16.0. The third kappa shape index (κ3) is 6.22. The molecule has 0 radical (unpaired) electrons. The molecule has 1 saturated heterocycles. The van der Waals surface area contributed by atoms with Crippen LogP contribution in [0.5, 0.6) is 17.6 Å². The predicted molar refractivity (Wildman–Crippen MR) is 171 cm³/mol. The molecule has 2 aliphatic rings. The van der Waals surface area contributed by atoms with Crippen LogP contribution >= 0.6 is 0 Å². The number of likely N-dealkylation sites (tertiary alicyclic amines) is 1. The molecule has 2 aromatic heterocycles. The second-order valence-electron chi connectivity index (χ2n) is 13.3. The number of carbonyl (C=O) groups is 1. The van der Waals surface area contributed by atoms with Crippen LogP contribution < -0.4 is 9.47 Å². The van der Waals surface area contributed by atoms with E-state index in [4.69, 9.17) is 18.9 Å². The average molecular weight is 651 g/mol. The number of carbonyl (C=O) groups excluding carboxylic acids is 1. The molecule has 2 aromatic carbocycles. The van der Waals surface area contributed by atoms with Crippen molar-refractivity contribution in [3.8, 4) is 28.9 Å². The van der Waals surface area contributed by atoms with E-state index in [1.165, 1.54) is 19.4 Å². The van der Waals surface area contributed by atoms with Crippen LogP contribution in [0.15, 0.2) is 30.5 Å². The van der Waals surface area contributed by atoms with Crippen LogP contribution in [0.25, 0.3) is 32.9 Å². The van der Waals surface area contributed by atoms with E-state index in [1.807, 2.05) is 32.6 Å². The molecule has 0 spiro atoms. The fraction of sp³-hybridized carbons (Fsp3) is 0.486. The number of aryl methyl sites for hydroxylation is 1. The highest BCUT2D eigenvalue weighted by atomic mass is 19.1. The van der Waals surface area contributed by atoms with Crippen molar-refractivity contribution in [1.82, 2.24) is 19.9 Å². The van der Waals surface area contributed by atoms with Gasteiger partial charge in [-0.25, -0.2) is 13.6 Å². The van der Waals surface area contributed by atoms with E-state index in [2.05, 4.69) is 15.0 Å². The maximum atomic E-state index is 16.5. The molecule has 1 aliphatic carbocycles. The molecule has 1 saturated carbocycles. The number of hydrogen-bond acceptors (Lipinski definition) is 9. The van der Waals surface area contributed by atoms with Crippen LogP contribution in [0, 0.1) is 17.0 Å². The van der Waals surface area contributed by atoms with Crippen molar-refractivity contribution in [3.05, 3.63) is 47.7 Å². The first-order valence-corrected chi connectivity index (χ1v) is 16.0. The summed E-state index contributed by atoms with van der Waals surface area (Å²) in [5.74, 6) is -1.34. The van der Waals surface area contributed by atoms with Gasteiger partial charge in [-0.2, -0.15) is 9.97 Å². The van der Waals surface area contributed by atoms with Crippen LogP contribution in [0.1, 0.15) is 65.4 Å². The van der Waals surface area contributed by atoms with Gasteiger partial charge >= 0.3 is 12.1 Å². The van der Waals surface area contributed by atoms with E-state index in [9.17, 15) is 14.3 Å². The second-order valence-corrected chi connectivity index (χ2v) is 13.3. The monoisotopic (exact) mass is 650 g/mol. The number of pyridine rings is 1. The summed E-state index contributed by atoms with van der Waals surface area (Å²) in [6, 6.07) is 6.04. The summed E-state index contributed by atoms with van der Waals surface area (Å²) in [7, 11) is 1.49. The SMILES string of the molecule is CCc1c(F)ccc2cc(OCOC)cc(-c3ncc4c(O)nc(OC[C@]56CCC[C@H]5N(C(=O)OC(C)(C)C)CCC6)nc4c3F)c12. The van der Waals surface area contributed by atoms with Gasteiger partial charge in [-0.15, -0.1) is 0 Å². The standard InChI is InChI=1S/C35H40F2N4O6/c1-6-22-25(36)11-10-20-15-21(46-19-44-5)16-23(27(20)22)29-28(37)30-24(17-38-29)31(42)40-32(39-30)45-18-35-12-7-9-26(35)41(14-8-13-35)33(43)47-34(2,3)4/h10-11,15-17,26H,6-9,12-14,18-19H2,1-5H3,(H,39,40,42)/t26-,35-/m1/s1. The van der Waals surface area contributed by atoms with Gasteiger partial charge in [0.25, 0.3) is 0 Å². The zero-order valence-corrected chi connectivity index (χ0v) is 27.4. The van der Waals surface area contributed by atoms with E-state index in [0.29, 0.717) is 40.6 Å². The molecule has 6 rings (SSSR count). The Morgan fingerprint density at radius 3 is 2.66 bits per heavy atom. The third-order valence-corrected chi connectivity index (χ3v) is 9.16. The molecular weight excluding hydrogens is 610 g/mol. The summed E-state index contributed by atoms with van der Waals surface area (Å²) in [6.07, 6.45) is 5.50. The Labute approximate surface area is 272 Å². The maximum Gasteiger partial charge on any atom is 0.410 e. The van der Waals surface area contributed by atoms with Gasteiger partial charge in [0.2, 0.25) is 5.88 Å². The smallest absolute Gasteiger partial charge is 0.410 e. The lowest BCUT2D eigenvalue weighted by molar-refractivity contribution is -0.0283. The predicted octanol–water partition coefficient (Wildman–Crippen LogP) is 7.32. The summed E-state index contributed by atoms with van der Waals surface area (Å²) >= 11 is 0. The highest BCUT2D eigenvalue weighted by Crippen LogP contribution is 2.48. The van der Waals surface area contributed by atoms with E-state index >= 15 is 4.39 Å². The lowest BCUT2D eigenvalue weighted by atomic mass is 9.75. The van der Waals surface area contributed by atoms with Gasteiger partial charge in [0.15, 0.2) is 12.6 Å². The van der Waals surface area contributed by atoms with Gasteiger partial charge < -0.3 is 29.0 Å². The normalized spacial score (nSPS) is 19.6. The Morgan fingerprint density at radius 2 is 1.91 bits per heavy atom. The molecule has 0 bridgehead atoms. The van der Waals surface area contributed by atoms with Gasteiger partial charge in [-0.1, -0.05) is 19.4 Å².